The van der Waals surface area contributed by atoms with E-state index < -0.39 is 0 Å². The van der Waals surface area contributed by atoms with Gasteiger partial charge in [-0.3, -0.25) is 9.69 Å². The molecule has 0 saturated carbocycles. The average molecular weight is 492 g/mol. The Morgan fingerprint density at radius 3 is 2.51 bits per heavy atom. The van der Waals surface area contributed by atoms with Crippen molar-refractivity contribution in [2.45, 2.75) is 20.5 Å². The molecule has 0 fully saturated rings. The minimum atomic E-state index is -0.313. The molecule has 4 aromatic rings. The van der Waals surface area contributed by atoms with Crippen molar-refractivity contribution in [3.63, 3.8) is 0 Å². The van der Waals surface area contributed by atoms with E-state index in [9.17, 15) is 4.79 Å². The van der Waals surface area contributed by atoms with Gasteiger partial charge in [0.25, 0.3) is 5.91 Å². The van der Waals surface area contributed by atoms with Crippen LogP contribution in [-0.4, -0.2) is 30.3 Å². The van der Waals surface area contributed by atoms with E-state index in [0.29, 0.717) is 28.1 Å². The van der Waals surface area contributed by atoms with Crippen molar-refractivity contribution >= 4 is 28.1 Å². The Morgan fingerprint density at radius 1 is 1.11 bits per heavy atom. The number of rotatable bonds is 9. The molecule has 8 nitrogen and oxygen atoms in total. The Morgan fingerprint density at radius 2 is 1.89 bits per heavy atom. The number of aryl methyl sites for hydroxylation is 2. The van der Waals surface area contributed by atoms with Gasteiger partial charge in [0.2, 0.25) is 0 Å². The van der Waals surface area contributed by atoms with E-state index in [1.54, 1.807) is 32.4 Å². The molecule has 0 radical (unpaired) electrons. The zero-order valence-corrected chi connectivity index (χ0v) is 20.7. The molecule has 9 heteroatoms. The molecule has 0 saturated heterocycles. The van der Waals surface area contributed by atoms with Crippen molar-refractivity contribution < 1.29 is 23.5 Å². The molecule has 0 bridgehead atoms. The second-order valence-corrected chi connectivity index (χ2v) is 8.38. The lowest BCUT2D eigenvalue weighted by atomic mass is 10.2. The van der Waals surface area contributed by atoms with Gasteiger partial charge in [0.15, 0.2) is 16.6 Å². The van der Waals surface area contributed by atoms with Gasteiger partial charge >= 0.3 is 0 Å². The zero-order chi connectivity index (χ0) is 24.9. The molecular formula is C26H25N3O5S. The van der Waals surface area contributed by atoms with Crippen LogP contribution < -0.4 is 19.1 Å². The second kappa shape index (κ2) is 10.4. The maximum atomic E-state index is 12.9. The maximum absolute atomic E-state index is 12.9. The number of benzene rings is 2. The van der Waals surface area contributed by atoms with Gasteiger partial charge in [0, 0.05) is 17.0 Å². The summed E-state index contributed by atoms with van der Waals surface area (Å²) in [7, 11) is 3.17. The monoisotopic (exact) mass is 491 g/mol. The first-order valence-corrected chi connectivity index (χ1v) is 11.6. The van der Waals surface area contributed by atoms with Crippen LogP contribution in [0.1, 0.15) is 17.0 Å². The highest BCUT2D eigenvalue weighted by Crippen LogP contribution is 2.38. The van der Waals surface area contributed by atoms with E-state index in [0.717, 1.165) is 28.3 Å². The predicted molar refractivity (Wildman–Crippen MR) is 135 cm³/mol. The molecule has 0 N–H and O–H groups in total. The van der Waals surface area contributed by atoms with Crippen LogP contribution in [0.25, 0.3) is 11.3 Å². The molecule has 0 aliphatic carbocycles. The molecule has 180 valence electrons. The van der Waals surface area contributed by atoms with Crippen LogP contribution in [0.5, 0.6) is 17.2 Å². The Balaban J connectivity index is 1.62. The summed E-state index contributed by atoms with van der Waals surface area (Å²) in [4.78, 5) is 19.0. The van der Waals surface area contributed by atoms with E-state index in [4.69, 9.17) is 23.7 Å². The third-order valence-corrected chi connectivity index (χ3v) is 6.25. The number of thiazole rings is 1. The molecule has 35 heavy (non-hydrogen) atoms. The number of aromatic nitrogens is 2. The number of anilines is 2. The fourth-order valence-corrected chi connectivity index (χ4v) is 4.31. The molecule has 2 aromatic heterocycles. The first-order valence-electron chi connectivity index (χ1n) is 10.7. The molecule has 1 amide bonds. The number of hydrogen-bond acceptors (Lipinski definition) is 8. The Bertz CT molecular complexity index is 1320. The summed E-state index contributed by atoms with van der Waals surface area (Å²) < 4.78 is 21.9. The first kappa shape index (κ1) is 24.0. The average Bonchev–Trinajstić information content (AvgIpc) is 3.49. The fraction of sp³-hybridized carbons (Fsp3) is 0.192. The van der Waals surface area contributed by atoms with Crippen LogP contribution in [0, 0.1) is 13.8 Å². The Hall–Kier alpha value is -4.11. The standard InChI is InChI=1S/C26H25N3O5S/c1-6-25(30)29(26-27-22(15-35-26)18-7-10-20(31-4)11-8-18)19-9-12-23(24(13-19)32-5)33-14-21-16(2)28-34-17(21)3/h6-13,15H,1,14H2,2-5H3. The minimum absolute atomic E-state index is 0.282. The van der Waals surface area contributed by atoms with Gasteiger partial charge in [-0.2, -0.15) is 0 Å². The molecule has 0 aliphatic rings. The van der Waals surface area contributed by atoms with Crippen LogP contribution in [0.3, 0.4) is 0 Å². The van der Waals surface area contributed by atoms with E-state index in [1.165, 1.54) is 22.3 Å². The molecule has 0 aliphatic heterocycles. The van der Waals surface area contributed by atoms with E-state index in [-0.39, 0.29) is 12.5 Å². The Labute approximate surface area is 207 Å². The number of amides is 1. The van der Waals surface area contributed by atoms with Crippen LogP contribution in [0.4, 0.5) is 10.8 Å². The van der Waals surface area contributed by atoms with Gasteiger partial charge < -0.3 is 18.7 Å². The predicted octanol–water partition coefficient (Wildman–Crippen LogP) is 5.86. The van der Waals surface area contributed by atoms with Gasteiger partial charge in [0.05, 0.1) is 36.9 Å². The molecule has 4 rings (SSSR count). The fourth-order valence-electron chi connectivity index (χ4n) is 3.46. The summed E-state index contributed by atoms with van der Waals surface area (Å²) in [5, 5.41) is 6.36. The summed E-state index contributed by atoms with van der Waals surface area (Å²) in [6.07, 6.45) is 1.25. The van der Waals surface area contributed by atoms with Crippen molar-refractivity contribution in [2.24, 2.45) is 0 Å². The van der Waals surface area contributed by atoms with Gasteiger partial charge in [-0.25, -0.2) is 4.98 Å². The largest absolute Gasteiger partial charge is 0.497 e. The lowest BCUT2D eigenvalue weighted by Crippen LogP contribution is -2.23. The SMILES string of the molecule is C=CC(=O)N(c1ccc(OCc2c(C)noc2C)c(OC)c1)c1nc(-c2ccc(OC)cc2)cs1. The quantitative estimate of drug-likeness (QED) is 0.271. The van der Waals surface area contributed by atoms with Crippen molar-refractivity contribution in [3.05, 3.63) is 77.5 Å². The highest BCUT2D eigenvalue weighted by molar-refractivity contribution is 7.14. The van der Waals surface area contributed by atoms with E-state index in [2.05, 4.69) is 11.7 Å². The topological polar surface area (TPSA) is 86.9 Å². The van der Waals surface area contributed by atoms with Crippen molar-refractivity contribution in [3.8, 4) is 28.5 Å². The van der Waals surface area contributed by atoms with Crippen LogP contribution in [0.2, 0.25) is 0 Å². The first-order chi connectivity index (χ1) is 16.9. The van der Waals surface area contributed by atoms with Gasteiger partial charge in [-0.05, 0) is 56.3 Å². The van der Waals surface area contributed by atoms with Gasteiger partial charge in [-0.1, -0.05) is 11.7 Å². The molecule has 0 spiro atoms. The number of carbonyl (C=O) groups excluding carboxylic acids is 1. The zero-order valence-electron chi connectivity index (χ0n) is 19.9. The second-order valence-electron chi connectivity index (χ2n) is 7.55. The highest BCUT2D eigenvalue weighted by Gasteiger charge is 2.22. The van der Waals surface area contributed by atoms with Crippen molar-refractivity contribution in [1.82, 2.24) is 10.1 Å². The summed E-state index contributed by atoms with van der Waals surface area (Å²) in [5.41, 5.74) is 3.90. The summed E-state index contributed by atoms with van der Waals surface area (Å²) in [6.45, 7) is 7.64. The smallest absolute Gasteiger partial charge is 0.256 e. The molecular weight excluding hydrogens is 466 g/mol. The minimum Gasteiger partial charge on any atom is -0.497 e. The third-order valence-electron chi connectivity index (χ3n) is 5.42. The molecule has 0 unspecified atom stereocenters. The van der Waals surface area contributed by atoms with Crippen LogP contribution >= 0.6 is 11.3 Å². The molecule has 0 atom stereocenters. The summed E-state index contributed by atoms with van der Waals surface area (Å²) >= 11 is 1.36. The lowest BCUT2D eigenvalue weighted by Gasteiger charge is -2.20. The van der Waals surface area contributed by atoms with Crippen LogP contribution in [0.15, 0.2) is 65.0 Å². The summed E-state index contributed by atoms with van der Waals surface area (Å²) in [6, 6.07) is 12.9. The number of hydrogen-bond donors (Lipinski definition) is 0. The van der Waals surface area contributed by atoms with Gasteiger partial charge in [0.1, 0.15) is 18.1 Å². The number of methoxy groups -OCH3 is 2. The van der Waals surface area contributed by atoms with Crippen molar-refractivity contribution in [1.29, 1.82) is 0 Å². The molecule has 2 aromatic carbocycles. The maximum Gasteiger partial charge on any atom is 0.256 e. The third kappa shape index (κ3) is 5.04. The highest BCUT2D eigenvalue weighted by atomic mass is 32.1. The van der Waals surface area contributed by atoms with Crippen molar-refractivity contribution in [2.75, 3.05) is 19.1 Å². The van der Waals surface area contributed by atoms with E-state index in [1.807, 2.05) is 43.5 Å². The number of nitrogens with zero attached hydrogens (tertiary/aromatic N) is 3. The van der Waals surface area contributed by atoms with Gasteiger partial charge in [-0.15, -0.1) is 11.3 Å². The Kier molecular flexibility index (Phi) is 7.17. The van der Waals surface area contributed by atoms with Crippen LogP contribution in [-0.2, 0) is 11.4 Å². The normalized spacial score (nSPS) is 10.6. The van der Waals surface area contributed by atoms with E-state index >= 15 is 0 Å². The lowest BCUT2D eigenvalue weighted by molar-refractivity contribution is -0.113. The number of carbonyl (C=O) groups is 1. The summed E-state index contributed by atoms with van der Waals surface area (Å²) in [5.74, 6) is 2.16. The molecule has 2 heterocycles. The number of ether oxygens (including phenoxy) is 3.